The maximum atomic E-state index is 11.2. The Labute approximate surface area is 119 Å². The summed E-state index contributed by atoms with van der Waals surface area (Å²) in [6, 6.07) is 4.90. The molecule has 2 rings (SSSR count). The molecule has 6 heteroatoms. The standard InChI is InChI=1S/C14H19BO5/c1-13(2)14(3,4)20-15(19-13)9-6-7-11(18-5)10(8-9)12(16)17/h6-8H,1-5H3,(H,16,17). The summed E-state index contributed by atoms with van der Waals surface area (Å²) in [7, 11) is 0.861. The molecule has 0 radical (unpaired) electrons. The summed E-state index contributed by atoms with van der Waals surface area (Å²) < 4.78 is 16.8. The van der Waals surface area contributed by atoms with E-state index < -0.39 is 24.3 Å². The van der Waals surface area contributed by atoms with Crippen LogP contribution < -0.4 is 10.2 Å². The Morgan fingerprint density at radius 3 is 2.20 bits per heavy atom. The number of aromatic carboxylic acids is 1. The molecule has 0 amide bonds. The number of ether oxygens (including phenoxy) is 1. The van der Waals surface area contributed by atoms with Crippen molar-refractivity contribution in [1.29, 1.82) is 0 Å². The quantitative estimate of drug-likeness (QED) is 0.852. The first-order valence-electron chi connectivity index (χ1n) is 6.45. The summed E-state index contributed by atoms with van der Waals surface area (Å²) in [6.07, 6.45) is 0. The summed E-state index contributed by atoms with van der Waals surface area (Å²) in [5, 5.41) is 9.21. The summed E-state index contributed by atoms with van der Waals surface area (Å²) in [4.78, 5) is 11.2. The largest absolute Gasteiger partial charge is 0.496 e. The SMILES string of the molecule is COc1ccc(B2OC(C)(C)C(C)(C)O2)cc1C(=O)O. The van der Waals surface area contributed by atoms with Crippen LogP contribution in [-0.4, -0.2) is 36.5 Å². The summed E-state index contributed by atoms with van der Waals surface area (Å²) in [5.74, 6) is -0.724. The predicted molar refractivity (Wildman–Crippen MR) is 75.7 cm³/mol. The molecule has 1 aromatic rings. The van der Waals surface area contributed by atoms with Gasteiger partial charge in [0.05, 0.1) is 18.3 Å². The monoisotopic (exact) mass is 278 g/mol. The molecule has 5 nitrogen and oxygen atoms in total. The van der Waals surface area contributed by atoms with Crippen molar-refractivity contribution in [1.82, 2.24) is 0 Å². The van der Waals surface area contributed by atoms with Gasteiger partial charge in [0.25, 0.3) is 0 Å². The first-order valence-corrected chi connectivity index (χ1v) is 6.45. The highest BCUT2D eigenvalue weighted by molar-refractivity contribution is 6.62. The van der Waals surface area contributed by atoms with Gasteiger partial charge in [0.2, 0.25) is 0 Å². The van der Waals surface area contributed by atoms with Crippen molar-refractivity contribution in [3.05, 3.63) is 23.8 Å². The van der Waals surface area contributed by atoms with Gasteiger partial charge in [0, 0.05) is 0 Å². The van der Waals surface area contributed by atoms with Crippen LogP contribution >= 0.6 is 0 Å². The van der Waals surface area contributed by atoms with Crippen molar-refractivity contribution in [2.75, 3.05) is 7.11 Å². The minimum Gasteiger partial charge on any atom is -0.496 e. The van der Waals surface area contributed by atoms with E-state index in [0.29, 0.717) is 11.2 Å². The lowest BCUT2D eigenvalue weighted by atomic mass is 9.78. The van der Waals surface area contributed by atoms with Gasteiger partial charge in [-0.15, -0.1) is 0 Å². The molecule has 0 bridgehead atoms. The van der Waals surface area contributed by atoms with Crippen LogP contribution in [0.25, 0.3) is 0 Å². The summed E-state index contributed by atoms with van der Waals surface area (Å²) in [5.41, 5.74) is -0.149. The Morgan fingerprint density at radius 2 is 1.75 bits per heavy atom. The van der Waals surface area contributed by atoms with Crippen molar-refractivity contribution in [2.45, 2.75) is 38.9 Å². The average molecular weight is 278 g/mol. The minimum absolute atomic E-state index is 0.0970. The average Bonchev–Trinajstić information content (AvgIpc) is 2.57. The lowest BCUT2D eigenvalue weighted by Gasteiger charge is -2.32. The Hall–Kier alpha value is -1.53. The third kappa shape index (κ3) is 2.41. The van der Waals surface area contributed by atoms with Crippen LogP contribution in [0.1, 0.15) is 38.1 Å². The minimum atomic E-state index is -1.04. The van der Waals surface area contributed by atoms with Gasteiger partial charge in [0.1, 0.15) is 11.3 Å². The molecule has 0 aliphatic carbocycles. The number of carboxylic acid groups (broad SMARTS) is 1. The van der Waals surface area contributed by atoms with Crippen molar-refractivity contribution in [3.8, 4) is 5.75 Å². The zero-order valence-corrected chi connectivity index (χ0v) is 12.4. The van der Waals surface area contributed by atoms with Crippen LogP contribution in [0, 0.1) is 0 Å². The lowest BCUT2D eigenvalue weighted by Crippen LogP contribution is -2.41. The molecule has 0 atom stereocenters. The molecule has 1 fully saturated rings. The Kier molecular flexibility index (Phi) is 3.56. The van der Waals surface area contributed by atoms with E-state index in [1.54, 1.807) is 12.1 Å². The van der Waals surface area contributed by atoms with Crippen molar-refractivity contribution >= 4 is 18.6 Å². The second-order valence-electron chi connectivity index (χ2n) is 5.85. The molecule has 0 aromatic heterocycles. The molecule has 1 N–H and O–H groups in total. The van der Waals surface area contributed by atoms with Gasteiger partial charge in [-0.25, -0.2) is 4.79 Å². The molecule has 1 aromatic carbocycles. The molecule has 1 aliphatic heterocycles. The Bertz CT molecular complexity index is 522. The van der Waals surface area contributed by atoms with E-state index >= 15 is 0 Å². The van der Waals surface area contributed by atoms with Crippen LogP contribution in [0.2, 0.25) is 0 Å². The fourth-order valence-electron chi connectivity index (χ4n) is 2.02. The van der Waals surface area contributed by atoms with Gasteiger partial charge in [0.15, 0.2) is 0 Å². The van der Waals surface area contributed by atoms with Crippen LogP contribution in [0.3, 0.4) is 0 Å². The molecular formula is C14H19BO5. The predicted octanol–water partition coefficient (Wildman–Crippen LogP) is 1.69. The van der Waals surface area contributed by atoms with Gasteiger partial charge in [-0.2, -0.15) is 0 Å². The first-order chi connectivity index (χ1) is 9.18. The van der Waals surface area contributed by atoms with E-state index in [9.17, 15) is 9.90 Å². The molecule has 1 aliphatic rings. The van der Waals surface area contributed by atoms with E-state index in [4.69, 9.17) is 14.0 Å². The van der Waals surface area contributed by atoms with Crippen LogP contribution in [-0.2, 0) is 9.31 Å². The smallest absolute Gasteiger partial charge is 0.494 e. The highest BCUT2D eigenvalue weighted by Crippen LogP contribution is 2.36. The molecule has 0 saturated carbocycles. The fraction of sp³-hybridized carbons (Fsp3) is 0.500. The maximum absolute atomic E-state index is 11.2. The van der Waals surface area contributed by atoms with E-state index in [2.05, 4.69) is 0 Å². The van der Waals surface area contributed by atoms with Gasteiger partial charge in [-0.3, -0.25) is 0 Å². The highest BCUT2D eigenvalue weighted by atomic mass is 16.7. The van der Waals surface area contributed by atoms with Crippen molar-refractivity contribution in [3.63, 3.8) is 0 Å². The number of rotatable bonds is 3. The Balaban J connectivity index is 2.36. The lowest BCUT2D eigenvalue weighted by molar-refractivity contribution is 0.00578. The highest BCUT2D eigenvalue weighted by Gasteiger charge is 2.51. The summed E-state index contributed by atoms with van der Waals surface area (Å²) in [6.45, 7) is 7.81. The van der Waals surface area contributed by atoms with Crippen molar-refractivity contribution < 1.29 is 23.9 Å². The number of benzene rings is 1. The Morgan fingerprint density at radius 1 is 1.20 bits per heavy atom. The van der Waals surface area contributed by atoms with Gasteiger partial charge in [-0.1, -0.05) is 6.07 Å². The number of hydrogen-bond donors (Lipinski definition) is 1. The molecule has 1 saturated heterocycles. The first kappa shape index (κ1) is 14.9. The fourth-order valence-corrected chi connectivity index (χ4v) is 2.02. The zero-order valence-electron chi connectivity index (χ0n) is 12.4. The van der Waals surface area contributed by atoms with Gasteiger partial charge >= 0.3 is 13.1 Å². The normalized spacial score (nSPS) is 19.9. The number of methoxy groups -OCH3 is 1. The van der Waals surface area contributed by atoms with Gasteiger partial charge in [-0.05, 0) is 45.3 Å². The second-order valence-corrected chi connectivity index (χ2v) is 5.85. The van der Waals surface area contributed by atoms with Crippen LogP contribution in [0.5, 0.6) is 5.75 Å². The zero-order chi connectivity index (χ0) is 15.1. The number of hydrogen-bond acceptors (Lipinski definition) is 4. The van der Waals surface area contributed by atoms with Crippen LogP contribution in [0.4, 0.5) is 0 Å². The molecule has 0 spiro atoms. The molecular weight excluding hydrogens is 259 g/mol. The van der Waals surface area contributed by atoms with E-state index in [-0.39, 0.29) is 5.56 Å². The molecule has 108 valence electrons. The topological polar surface area (TPSA) is 65.0 Å². The van der Waals surface area contributed by atoms with Crippen LogP contribution in [0.15, 0.2) is 18.2 Å². The van der Waals surface area contributed by atoms with Crippen molar-refractivity contribution in [2.24, 2.45) is 0 Å². The molecule has 0 unspecified atom stereocenters. The van der Waals surface area contributed by atoms with E-state index in [1.807, 2.05) is 27.7 Å². The summed E-state index contributed by atoms with van der Waals surface area (Å²) >= 11 is 0. The number of carbonyl (C=O) groups is 1. The van der Waals surface area contributed by atoms with Gasteiger partial charge < -0.3 is 19.2 Å². The van der Waals surface area contributed by atoms with E-state index in [1.165, 1.54) is 13.2 Å². The molecule has 1 heterocycles. The second kappa shape index (κ2) is 4.79. The third-order valence-corrected chi connectivity index (χ3v) is 3.98. The maximum Gasteiger partial charge on any atom is 0.494 e. The third-order valence-electron chi connectivity index (χ3n) is 3.98. The number of carboxylic acids is 1. The molecule has 20 heavy (non-hydrogen) atoms. The van der Waals surface area contributed by atoms with E-state index in [0.717, 1.165) is 0 Å².